The van der Waals surface area contributed by atoms with Gasteiger partial charge in [0.2, 0.25) is 11.9 Å². The molecule has 2 aromatic rings. The Kier molecular flexibility index (Phi) is 9.25. The lowest BCUT2D eigenvalue weighted by molar-refractivity contribution is -0.138. The molecule has 2 atom stereocenters. The summed E-state index contributed by atoms with van der Waals surface area (Å²) in [6.07, 6.45) is 0.156. The molecule has 2 heterocycles. The van der Waals surface area contributed by atoms with Gasteiger partial charge < -0.3 is 20.4 Å². The van der Waals surface area contributed by atoms with Crippen LogP contribution in [0.1, 0.15) is 74.5 Å². The van der Waals surface area contributed by atoms with Crippen LogP contribution in [0.4, 0.5) is 24.8 Å². The van der Waals surface area contributed by atoms with Gasteiger partial charge in [0, 0.05) is 42.0 Å². The minimum absolute atomic E-state index is 0.0317. The van der Waals surface area contributed by atoms with E-state index in [1.165, 1.54) is 0 Å². The highest BCUT2D eigenvalue weighted by Crippen LogP contribution is 2.38. The number of anilines is 2. The second-order valence-corrected chi connectivity index (χ2v) is 12.4. The van der Waals surface area contributed by atoms with Crippen molar-refractivity contribution in [2.75, 3.05) is 32.5 Å². The number of rotatable bonds is 7. The fourth-order valence-electron chi connectivity index (χ4n) is 5.78. The molecule has 0 unspecified atom stereocenters. The SMILES string of the molecule is CN1CCC(N(C)C(=O)c2ccc(Nc3ncc(C(F)(F)F)c(C[C@@H]4CCC[C@@H]4C(=O)NC(C)(C)C)n3)cc2)CC1. The molecule has 2 amide bonds. The average molecular weight is 575 g/mol. The zero-order valence-electron chi connectivity index (χ0n) is 24.5. The fourth-order valence-corrected chi connectivity index (χ4v) is 5.78. The van der Waals surface area contributed by atoms with Gasteiger partial charge >= 0.3 is 6.18 Å². The lowest BCUT2D eigenvalue weighted by Crippen LogP contribution is -2.44. The van der Waals surface area contributed by atoms with Crippen LogP contribution in [0.25, 0.3) is 0 Å². The molecule has 1 aliphatic carbocycles. The van der Waals surface area contributed by atoms with Gasteiger partial charge in [-0.2, -0.15) is 13.2 Å². The molecular weight excluding hydrogens is 533 g/mol. The number of hydrogen-bond acceptors (Lipinski definition) is 6. The van der Waals surface area contributed by atoms with E-state index in [-0.39, 0.29) is 47.8 Å². The van der Waals surface area contributed by atoms with Crippen LogP contribution in [-0.2, 0) is 17.4 Å². The summed E-state index contributed by atoms with van der Waals surface area (Å²) in [6, 6.07) is 6.96. The summed E-state index contributed by atoms with van der Waals surface area (Å²) >= 11 is 0. The highest BCUT2D eigenvalue weighted by molar-refractivity contribution is 5.94. The van der Waals surface area contributed by atoms with Crippen LogP contribution in [0, 0.1) is 11.8 Å². The summed E-state index contributed by atoms with van der Waals surface area (Å²) in [6.45, 7) is 7.55. The van der Waals surface area contributed by atoms with E-state index >= 15 is 0 Å². The minimum atomic E-state index is -4.61. The van der Waals surface area contributed by atoms with Crippen LogP contribution >= 0.6 is 0 Å². The van der Waals surface area contributed by atoms with Gasteiger partial charge in [-0.05, 0) is 103 Å². The van der Waals surface area contributed by atoms with Crippen LogP contribution in [0.3, 0.4) is 0 Å². The number of hydrogen-bond donors (Lipinski definition) is 2. The van der Waals surface area contributed by atoms with Crippen LogP contribution < -0.4 is 10.6 Å². The van der Waals surface area contributed by atoms with Gasteiger partial charge in [-0.25, -0.2) is 9.97 Å². The number of nitrogens with one attached hydrogen (secondary N) is 2. The molecule has 41 heavy (non-hydrogen) atoms. The predicted octanol–water partition coefficient (Wildman–Crippen LogP) is 5.28. The Morgan fingerprint density at radius 3 is 2.32 bits per heavy atom. The van der Waals surface area contributed by atoms with Crippen molar-refractivity contribution in [2.45, 2.75) is 77.1 Å². The van der Waals surface area contributed by atoms with Gasteiger partial charge in [-0.3, -0.25) is 9.59 Å². The normalized spacial score (nSPS) is 20.6. The maximum Gasteiger partial charge on any atom is 0.419 e. The van der Waals surface area contributed by atoms with Gasteiger partial charge in [0.1, 0.15) is 0 Å². The molecule has 0 bridgehead atoms. The first-order valence-electron chi connectivity index (χ1n) is 14.3. The van der Waals surface area contributed by atoms with E-state index < -0.39 is 17.3 Å². The Bertz CT molecular complexity index is 1220. The molecule has 4 rings (SSSR count). The molecular formula is C30H41F3N6O2. The molecule has 1 saturated heterocycles. The number of benzene rings is 1. The number of alkyl halides is 3. The second kappa shape index (κ2) is 12.3. The molecule has 2 N–H and O–H groups in total. The maximum absolute atomic E-state index is 13.9. The van der Waals surface area contributed by atoms with Gasteiger partial charge in [-0.1, -0.05) is 6.42 Å². The summed E-state index contributed by atoms with van der Waals surface area (Å²) in [4.78, 5) is 38.1. The van der Waals surface area contributed by atoms with Crippen molar-refractivity contribution in [3.63, 3.8) is 0 Å². The van der Waals surface area contributed by atoms with Crippen molar-refractivity contribution in [2.24, 2.45) is 11.8 Å². The summed E-state index contributed by atoms with van der Waals surface area (Å²) in [5, 5.41) is 5.95. The maximum atomic E-state index is 13.9. The molecule has 11 heteroatoms. The number of nitrogens with zero attached hydrogens (tertiary/aromatic N) is 4. The van der Waals surface area contributed by atoms with E-state index in [2.05, 4.69) is 32.5 Å². The van der Waals surface area contributed by atoms with E-state index in [1.807, 2.05) is 27.8 Å². The highest BCUT2D eigenvalue weighted by atomic mass is 19.4. The molecule has 1 aliphatic heterocycles. The Balaban J connectivity index is 1.47. The Morgan fingerprint density at radius 2 is 1.71 bits per heavy atom. The molecule has 2 fully saturated rings. The summed E-state index contributed by atoms with van der Waals surface area (Å²) < 4.78 is 41.6. The first-order valence-corrected chi connectivity index (χ1v) is 14.3. The third-order valence-electron chi connectivity index (χ3n) is 8.07. The van der Waals surface area contributed by atoms with Crippen LogP contribution in [0.15, 0.2) is 30.5 Å². The molecule has 1 aromatic carbocycles. The van der Waals surface area contributed by atoms with Crippen LogP contribution in [-0.4, -0.2) is 70.3 Å². The summed E-state index contributed by atoms with van der Waals surface area (Å²) in [5.74, 6) is -0.769. The predicted molar refractivity (Wildman–Crippen MR) is 152 cm³/mol. The molecule has 0 spiro atoms. The number of carbonyl (C=O) groups is 2. The number of halogens is 3. The van der Waals surface area contributed by atoms with E-state index in [9.17, 15) is 22.8 Å². The molecule has 1 saturated carbocycles. The van der Waals surface area contributed by atoms with Gasteiger partial charge in [0.05, 0.1) is 11.3 Å². The van der Waals surface area contributed by atoms with Crippen molar-refractivity contribution in [1.29, 1.82) is 0 Å². The highest BCUT2D eigenvalue weighted by Gasteiger charge is 2.39. The van der Waals surface area contributed by atoms with E-state index in [1.54, 1.807) is 29.2 Å². The number of amides is 2. The molecule has 224 valence electrons. The third-order valence-corrected chi connectivity index (χ3v) is 8.07. The number of likely N-dealkylation sites (tertiary alicyclic amines) is 1. The number of aromatic nitrogens is 2. The van der Waals surface area contributed by atoms with Crippen molar-refractivity contribution in [1.82, 2.24) is 25.1 Å². The van der Waals surface area contributed by atoms with E-state index in [0.29, 0.717) is 24.1 Å². The van der Waals surface area contributed by atoms with E-state index in [4.69, 9.17) is 0 Å². The Morgan fingerprint density at radius 1 is 1.05 bits per heavy atom. The smallest absolute Gasteiger partial charge is 0.351 e. The minimum Gasteiger partial charge on any atom is -0.351 e. The third kappa shape index (κ3) is 7.96. The fraction of sp³-hybridized carbons (Fsp3) is 0.600. The monoisotopic (exact) mass is 574 g/mol. The van der Waals surface area contributed by atoms with Crippen LogP contribution in [0.5, 0.6) is 0 Å². The molecule has 1 aromatic heterocycles. The molecule has 0 radical (unpaired) electrons. The summed E-state index contributed by atoms with van der Waals surface area (Å²) in [5.41, 5.74) is -0.343. The van der Waals surface area contributed by atoms with Gasteiger partial charge in [0.25, 0.3) is 5.91 Å². The second-order valence-electron chi connectivity index (χ2n) is 12.4. The first-order chi connectivity index (χ1) is 19.2. The Hall–Kier alpha value is -3.21. The average Bonchev–Trinajstić information content (AvgIpc) is 3.35. The quantitative estimate of drug-likeness (QED) is 0.468. The largest absolute Gasteiger partial charge is 0.419 e. The van der Waals surface area contributed by atoms with Crippen molar-refractivity contribution in [3.8, 4) is 0 Å². The number of piperidine rings is 1. The summed E-state index contributed by atoms with van der Waals surface area (Å²) in [7, 11) is 3.90. The van der Waals surface area contributed by atoms with Crippen molar-refractivity contribution >= 4 is 23.5 Å². The Labute approximate surface area is 240 Å². The van der Waals surface area contributed by atoms with Crippen LogP contribution in [0.2, 0.25) is 0 Å². The van der Waals surface area contributed by atoms with E-state index in [0.717, 1.165) is 38.5 Å². The molecule has 2 aliphatic rings. The zero-order valence-corrected chi connectivity index (χ0v) is 24.5. The first kappa shape index (κ1) is 30.7. The van der Waals surface area contributed by atoms with Gasteiger partial charge in [0.15, 0.2) is 0 Å². The van der Waals surface area contributed by atoms with Crippen molar-refractivity contribution < 1.29 is 22.8 Å². The standard InChI is InChI=1S/C30H41F3N6O2/c1-29(2,3)37-26(40)23-8-6-7-20(23)17-25-24(30(31,32)33)18-34-28(36-25)35-21-11-9-19(10-12-21)27(41)39(5)22-13-15-38(4)16-14-22/h9-12,18,20,22-23H,6-8,13-17H2,1-5H3,(H,37,40)(H,34,35,36)/t20-,23-/m0/s1. The number of carbonyl (C=O) groups excluding carboxylic acids is 2. The lowest BCUT2D eigenvalue weighted by atomic mass is 9.89. The van der Waals surface area contributed by atoms with Gasteiger partial charge in [-0.15, -0.1) is 0 Å². The zero-order chi connectivity index (χ0) is 29.9. The van der Waals surface area contributed by atoms with Crippen molar-refractivity contribution in [3.05, 3.63) is 47.3 Å². The molecule has 8 nitrogen and oxygen atoms in total. The lowest BCUT2D eigenvalue weighted by Gasteiger charge is -2.35. The topological polar surface area (TPSA) is 90.5 Å².